The SMILES string of the molecule is N#CC1CC2C(CNC(NC3CCC(C4[C@@H]5CC[C@H]4[C@H](C(=O)N4CC[C@@H](O)C4)C5)CC3)C2Br)O1. The van der Waals surface area contributed by atoms with Crippen LogP contribution in [0.25, 0.3) is 0 Å². The lowest BCUT2D eigenvalue weighted by molar-refractivity contribution is -0.136. The molecule has 3 saturated heterocycles. The van der Waals surface area contributed by atoms with E-state index < -0.39 is 0 Å². The smallest absolute Gasteiger partial charge is 0.226 e. The van der Waals surface area contributed by atoms with Crippen LogP contribution in [0, 0.1) is 46.8 Å². The monoisotopic (exact) mass is 534 g/mol. The van der Waals surface area contributed by atoms with Gasteiger partial charge < -0.3 is 14.7 Å². The van der Waals surface area contributed by atoms with E-state index in [-0.39, 0.29) is 35.2 Å². The Kier molecular flexibility index (Phi) is 6.70. The molecule has 188 valence electrons. The number of hydrogen-bond donors (Lipinski definition) is 3. The number of rotatable bonds is 4. The number of fused-ring (bicyclic) bond motifs is 3. The van der Waals surface area contributed by atoms with Crippen molar-refractivity contribution in [1.29, 1.82) is 5.26 Å². The summed E-state index contributed by atoms with van der Waals surface area (Å²) in [4.78, 5) is 15.4. The first-order chi connectivity index (χ1) is 16.5. The van der Waals surface area contributed by atoms with Crippen LogP contribution < -0.4 is 10.6 Å². The second kappa shape index (κ2) is 9.63. The fraction of sp³-hybridized carbons (Fsp3) is 0.923. The maximum absolute atomic E-state index is 13.2. The Labute approximate surface area is 211 Å². The largest absolute Gasteiger partial charge is 0.391 e. The summed E-state index contributed by atoms with van der Waals surface area (Å²) in [5.74, 6) is 3.75. The number of aliphatic hydroxyl groups is 1. The summed E-state index contributed by atoms with van der Waals surface area (Å²) < 4.78 is 5.86. The third-order valence-corrected chi connectivity index (χ3v) is 11.4. The van der Waals surface area contributed by atoms with E-state index in [1.54, 1.807) is 0 Å². The van der Waals surface area contributed by atoms with Gasteiger partial charge in [-0.3, -0.25) is 15.4 Å². The van der Waals surface area contributed by atoms with E-state index in [4.69, 9.17) is 4.74 Å². The molecule has 2 bridgehead atoms. The van der Waals surface area contributed by atoms with Gasteiger partial charge in [0.2, 0.25) is 5.91 Å². The van der Waals surface area contributed by atoms with Crippen molar-refractivity contribution in [1.82, 2.24) is 15.5 Å². The molecule has 6 unspecified atom stereocenters. The molecule has 3 saturated carbocycles. The van der Waals surface area contributed by atoms with E-state index in [1.807, 2.05) is 4.90 Å². The highest BCUT2D eigenvalue weighted by Gasteiger charge is 2.54. The van der Waals surface area contributed by atoms with E-state index in [1.165, 1.54) is 38.5 Å². The zero-order valence-corrected chi connectivity index (χ0v) is 21.5. The van der Waals surface area contributed by atoms with Crippen molar-refractivity contribution in [2.75, 3.05) is 19.6 Å². The summed E-state index contributed by atoms with van der Waals surface area (Å²) in [6.07, 6.45) is 9.93. The molecule has 6 fully saturated rings. The van der Waals surface area contributed by atoms with Crippen LogP contribution >= 0.6 is 15.9 Å². The molecule has 3 N–H and O–H groups in total. The summed E-state index contributed by atoms with van der Waals surface area (Å²) in [5, 5.41) is 26.6. The van der Waals surface area contributed by atoms with Crippen molar-refractivity contribution < 1.29 is 14.6 Å². The Morgan fingerprint density at radius 3 is 2.62 bits per heavy atom. The molecule has 3 aliphatic heterocycles. The molecule has 8 heteroatoms. The number of carbonyl (C=O) groups excluding carboxylic acids is 1. The number of halogens is 1. The predicted molar refractivity (Wildman–Crippen MR) is 131 cm³/mol. The number of aliphatic hydroxyl groups excluding tert-OH is 1. The molecule has 3 aliphatic carbocycles. The van der Waals surface area contributed by atoms with Crippen LogP contribution in [-0.4, -0.2) is 70.9 Å². The Morgan fingerprint density at radius 1 is 1.09 bits per heavy atom. The fourth-order valence-electron chi connectivity index (χ4n) is 8.64. The van der Waals surface area contributed by atoms with Crippen LogP contribution in [0.3, 0.4) is 0 Å². The van der Waals surface area contributed by atoms with E-state index in [9.17, 15) is 15.2 Å². The number of nitrogens with one attached hydrogen (secondary N) is 2. The van der Waals surface area contributed by atoms with Gasteiger partial charge in [-0.25, -0.2) is 0 Å². The number of hydrogen-bond acceptors (Lipinski definition) is 6. The van der Waals surface area contributed by atoms with Crippen molar-refractivity contribution in [2.24, 2.45) is 35.5 Å². The molecule has 6 rings (SSSR count). The van der Waals surface area contributed by atoms with Crippen molar-refractivity contribution in [3.63, 3.8) is 0 Å². The van der Waals surface area contributed by atoms with E-state index in [0.29, 0.717) is 30.3 Å². The first kappa shape index (κ1) is 23.7. The molecular weight excluding hydrogens is 496 g/mol. The number of piperidine rings is 1. The Balaban J connectivity index is 1.01. The van der Waals surface area contributed by atoms with E-state index in [0.717, 1.165) is 50.1 Å². The minimum Gasteiger partial charge on any atom is -0.391 e. The highest BCUT2D eigenvalue weighted by molar-refractivity contribution is 9.09. The number of ether oxygens (including phenoxy) is 1. The van der Waals surface area contributed by atoms with Gasteiger partial charge in [-0.15, -0.1) is 0 Å². The molecule has 34 heavy (non-hydrogen) atoms. The van der Waals surface area contributed by atoms with Crippen molar-refractivity contribution >= 4 is 21.8 Å². The number of likely N-dealkylation sites (tertiary alicyclic amines) is 1. The minimum atomic E-state index is -0.321. The number of carbonyl (C=O) groups is 1. The maximum Gasteiger partial charge on any atom is 0.226 e. The van der Waals surface area contributed by atoms with Crippen LogP contribution in [0.1, 0.15) is 57.8 Å². The van der Waals surface area contributed by atoms with Crippen molar-refractivity contribution in [2.45, 2.75) is 93.1 Å². The van der Waals surface area contributed by atoms with Gasteiger partial charge in [0.15, 0.2) is 0 Å². The van der Waals surface area contributed by atoms with Gasteiger partial charge in [0.05, 0.1) is 24.4 Å². The highest BCUT2D eigenvalue weighted by Crippen LogP contribution is 2.58. The first-order valence-electron chi connectivity index (χ1n) is 13.7. The average molecular weight is 536 g/mol. The molecule has 0 spiro atoms. The Bertz CT molecular complexity index is 814. The van der Waals surface area contributed by atoms with E-state index in [2.05, 4.69) is 32.6 Å². The summed E-state index contributed by atoms with van der Waals surface area (Å²) in [5.41, 5.74) is 0. The molecule has 0 aromatic rings. The van der Waals surface area contributed by atoms with Gasteiger partial charge in [0, 0.05) is 42.3 Å². The molecule has 3 heterocycles. The zero-order valence-electron chi connectivity index (χ0n) is 19.9. The highest BCUT2D eigenvalue weighted by atomic mass is 79.9. The second-order valence-corrected chi connectivity index (χ2v) is 13.0. The lowest BCUT2D eigenvalue weighted by Gasteiger charge is -2.41. The number of β-amino-alcohol motifs (C(OH)–C–C–N with tert-alkyl or cyclic N) is 1. The summed E-state index contributed by atoms with van der Waals surface area (Å²) in [6.45, 7) is 2.10. The van der Waals surface area contributed by atoms with Gasteiger partial charge in [0.25, 0.3) is 0 Å². The van der Waals surface area contributed by atoms with Crippen LogP contribution in [0.15, 0.2) is 0 Å². The van der Waals surface area contributed by atoms with Crippen molar-refractivity contribution in [3.8, 4) is 6.07 Å². The quantitative estimate of drug-likeness (QED) is 0.479. The number of nitrogens with zero attached hydrogens (tertiary/aromatic N) is 2. The summed E-state index contributed by atoms with van der Waals surface area (Å²) >= 11 is 3.92. The molecule has 7 nitrogen and oxygen atoms in total. The van der Waals surface area contributed by atoms with Crippen LogP contribution in [-0.2, 0) is 9.53 Å². The normalized spacial score (nSPS) is 50.3. The van der Waals surface area contributed by atoms with Gasteiger partial charge >= 0.3 is 0 Å². The lowest BCUT2D eigenvalue weighted by Crippen LogP contribution is -2.61. The molecule has 1 amide bonds. The topological polar surface area (TPSA) is 97.6 Å². The fourth-order valence-corrected chi connectivity index (χ4v) is 9.54. The Morgan fingerprint density at radius 2 is 1.88 bits per heavy atom. The molecule has 10 atom stereocenters. The maximum atomic E-state index is 13.2. The average Bonchev–Trinajstić information content (AvgIpc) is 3.63. The minimum absolute atomic E-state index is 0.139. The predicted octanol–water partition coefficient (Wildman–Crippen LogP) is 2.38. The molecular formula is C26H39BrN4O3. The lowest BCUT2D eigenvalue weighted by atomic mass is 9.73. The van der Waals surface area contributed by atoms with Crippen LogP contribution in [0.4, 0.5) is 0 Å². The van der Waals surface area contributed by atoms with E-state index >= 15 is 0 Å². The van der Waals surface area contributed by atoms with Crippen LogP contribution in [0.2, 0.25) is 0 Å². The summed E-state index contributed by atoms with van der Waals surface area (Å²) in [6, 6.07) is 2.81. The van der Waals surface area contributed by atoms with Gasteiger partial charge in [0.1, 0.15) is 6.10 Å². The number of amides is 1. The zero-order chi connectivity index (χ0) is 23.4. The third-order valence-electron chi connectivity index (χ3n) is 10.2. The standard InChI is InChI=1S/C26H39BrN4O3/c27-24-21-10-18(11-28)34-22(21)12-29-25(24)30-16-4-1-14(2-5-16)23-15-3-6-19(23)20(9-15)26(33)31-8-7-17(32)13-31/h14-25,29-30,32H,1-10,12-13H2/t14?,15-,16?,17-,18?,19+,20-,21?,22?,23?,24?,25?/m1/s1. The van der Waals surface area contributed by atoms with Crippen LogP contribution in [0.5, 0.6) is 0 Å². The van der Waals surface area contributed by atoms with Gasteiger partial charge in [-0.2, -0.15) is 5.26 Å². The number of alkyl halides is 1. The molecule has 0 aromatic heterocycles. The molecule has 6 aliphatic rings. The van der Waals surface area contributed by atoms with Crippen molar-refractivity contribution in [3.05, 3.63) is 0 Å². The molecule has 0 aromatic carbocycles. The molecule has 0 radical (unpaired) electrons. The first-order valence-corrected chi connectivity index (χ1v) is 14.6. The third kappa shape index (κ3) is 4.24. The van der Waals surface area contributed by atoms with Gasteiger partial charge in [-0.1, -0.05) is 15.9 Å². The summed E-state index contributed by atoms with van der Waals surface area (Å²) in [7, 11) is 0. The van der Waals surface area contributed by atoms with Gasteiger partial charge in [-0.05, 0) is 81.5 Å². The number of nitriles is 1. The second-order valence-electron chi connectivity index (χ2n) is 11.9. The Hall–Kier alpha value is -0.720.